The number of sulfonamides is 1. The van der Waals surface area contributed by atoms with Crippen molar-refractivity contribution in [3.8, 4) is 0 Å². The number of pyridine rings is 1. The molecule has 3 rings (SSSR count). The van der Waals surface area contributed by atoms with Crippen LogP contribution in [0.15, 0.2) is 42.6 Å². The van der Waals surface area contributed by atoms with Crippen LogP contribution in [-0.2, 0) is 15.8 Å². The quantitative estimate of drug-likeness (QED) is 0.856. The van der Waals surface area contributed by atoms with Gasteiger partial charge in [-0.15, -0.1) is 0 Å². The zero-order valence-electron chi connectivity index (χ0n) is 14.5. The molecule has 0 saturated carbocycles. The molecule has 1 aromatic carbocycles. The molecule has 0 unspecified atom stereocenters. The van der Waals surface area contributed by atoms with Gasteiger partial charge in [-0.25, -0.2) is 18.2 Å². The lowest BCUT2D eigenvalue weighted by molar-refractivity contribution is 0.0697. The second-order valence-corrected chi connectivity index (χ2v) is 8.22. The van der Waals surface area contributed by atoms with Gasteiger partial charge in [0, 0.05) is 32.4 Å². The van der Waals surface area contributed by atoms with E-state index >= 15 is 0 Å². The summed E-state index contributed by atoms with van der Waals surface area (Å²) in [5.74, 6) is -0.678. The van der Waals surface area contributed by atoms with Crippen LogP contribution in [0, 0.1) is 6.92 Å². The number of aromatic nitrogens is 1. The van der Waals surface area contributed by atoms with E-state index in [0.717, 1.165) is 11.1 Å². The molecule has 1 N–H and O–H groups in total. The standard InChI is InChI=1S/C18H21N3O4S/c1-14-5-2-3-6-15(14)13-26(24,25)21-11-9-20(10-12-21)17-16(18(22)23)7-4-8-19-17/h2-8H,9-13H2,1H3,(H,22,23). The lowest BCUT2D eigenvalue weighted by atomic mass is 10.1. The lowest BCUT2D eigenvalue weighted by Gasteiger charge is -2.35. The number of benzene rings is 1. The Bertz CT molecular complexity index is 906. The summed E-state index contributed by atoms with van der Waals surface area (Å²) in [7, 11) is -3.42. The summed E-state index contributed by atoms with van der Waals surface area (Å²) in [6.07, 6.45) is 1.54. The SMILES string of the molecule is Cc1ccccc1CS(=O)(=O)N1CCN(c2ncccc2C(=O)O)CC1. The Labute approximate surface area is 152 Å². The monoisotopic (exact) mass is 375 g/mol. The van der Waals surface area contributed by atoms with E-state index < -0.39 is 16.0 Å². The molecule has 8 heteroatoms. The molecule has 0 spiro atoms. The van der Waals surface area contributed by atoms with E-state index in [0.29, 0.717) is 32.0 Å². The van der Waals surface area contributed by atoms with Crippen molar-refractivity contribution in [1.29, 1.82) is 0 Å². The number of nitrogens with zero attached hydrogens (tertiary/aromatic N) is 3. The third kappa shape index (κ3) is 3.86. The van der Waals surface area contributed by atoms with Crippen LogP contribution < -0.4 is 4.90 Å². The van der Waals surface area contributed by atoms with E-state index in [1.807, 2.05) is 36.1 Å². The fourth-order valence-corrected chi connectivity index (χ4v) is 4.67. The highest BCUT2D eigenvalue weighted by Crippen LogP contribution is 2.21. The molecule has 138 valence electrons. The van der Waals surface area contributed by atoms with Gasteiger partial charge in [0.15, 0.2) is 0 Å². The molecule has 0 aliphatic carbocycles. The Morgan fingerprint density at radius 3 is 2.46 bits per heavy atom. The van der Waals surface area contributed by atoms with Crippen LogP contribution in [0.3, 0.4) is 0 Å². The first kappa shape index (κ1) is 18.3. The van der Waals surface area contributed by atoms with Gasteiger partial charge >= 0.3 is 5.97 Å². The predicted molar refractivity (Wildman–Crippen MR) is 98.8 cm³/mol. The molecule has 1 aromatic heterocycles. The zero-order valence-corrected chi connectivity index (χ0v) is 15.3. The van der Waals surface area contributed by atoms with Crippen molar-refractivity contribution in [1.82, 2.24) is 9.29 Å². The van der Waals surface area contributed by atoms with Crippen LogP contribution in [0.5, 0.6) is 0 Å². The molecular formula is C18H21N3O4S. The van der Waals surface area contributed by atoms with E-state index in [2.05, 4.69) is 4.98 Å². The molecule has 26 heavy (non-hydrogen) atoms. The van der Waals surface area contributed by atoms with Gasteiger partial charge in [0.2, 0.25) is 10.0 Å². The van der Waals surface area contributed by atoms with Crippen LogP contribution >= 0.6 is 0 Å². The molecule has 1 aliphatic heterocycles. The number of aromatic carboxylic acids is 1. The first-order valence-electron chi connectivity index (χ1n) is 8.34. The Hall–Kier alpha value is -2.45. The molecule has 0 bridgehead atoms. The summed E-state index contributed by atoms with van der Waals surface area (Å²) in [5.41, 5.74) is 1.88. The summed E-state index contributed by atoms with van der Waals surface area (Å²) >= 11 is 0. The fraction of sp³-hybridized carbons (Fsp3) is 0.333. The van der Waals surface area contributed by atoms with Crippen molar-refractivity contribution in [3.63, 3.8) is 0 Å². The average Bonchev–Trinajstić information content (AvgIpc) is 2.63. The van der Waals surface area contributed by atoms with Crippen LogP contribution in [-0.4, -0.2) is 55.0 Å². The van der Waals surface area contributed by atoms with E-state index in [-0.39, 0.29) is 11.3 Å². The van der Waals surface area contributed by atoms with Crippen LogP contribution in [0.1, 0.15) is 21.5 Å². The van der Waals surface area contributed by atoms with Gasteiger partial charge in [0.25, 0.3) is 0 Å². The van der Waals surface area contributed by atoms with E-state index in [9.17, 15) is 18.3 Å². The maximum absolute atomic E-state index is 12.7. The van der Waals surface area contributed by atoms with Gasteiger partial charge in [-0.2, -0.15) is 4.31 Å². The molecule has 2 aromatic rings. The molecule has 1 aliphatic rings. The minimum absolute atomic E-state index is 0.0242. The summed E-state index contributed by atoms with van der Waals surface area (Å²) < 4.78 is 26.9. The number of anilines is 1. The maximum atomic E-state index is 12.7. The van der Waals surface area contributed by atoms with E-state index in [1.54, 1.807) is 12.3 Å². The molecule has 2 heterocycles. The average molecular weight is 375 g/mol. The number of hydrogen-bond acceptors (Lipinski definition) is 5. The number of rotatable bonds is 5. The molecular weight excluding hydrogens is 354 g/mol. The van der Waals surface area contributed by atoms with Crippen molar-refractivity contribution in [3.05, 3.63) is 59.3 Å². The molecule has 0 radical (unpaired) electrons. The Morgan fingerprint density at radius 1 is 1.12 bits per heavy atom. The summed E-state index contributed by atoms with van der Waals surface area (Å²) in [6, 6.07) is 10.5. The topological polar surface area (TPSA) is 90.8 Å². The second-order valence-electron chi connectivity index (χ2n) is 6.25. The highest BCUT2D eigenvalue weighted by atomic mass is 32.2. The van der Waals surface area contributed by atoms with Crippen LogP contribution in [0.2, 0.25) is 0 Å². The third-order valence-corrected chi connectivity index (χ3v) is 6.38. The summed E-state index contributed by atoms with van der Waals surface area (Å²) in [5, 5.41) is 9.29. The Morgan fingerprint density at radius 2 is 1.81 bits per heavy atom. The first-order valence-corrected chi connectivity index (χ1v) is 9.95. The highest BCUT2D eigenvalue weighted by Gasteiger charge is 2.29. The van der Waals surface area contributed by atoms with Crippen molar-refractivity contribution in [2.75, 3.05) is 31.1 Å². The largest absolute Gasteiger partial charge is 0.478 e. The van der Waals surface area contributed by atoms with Crippen molar-refractivity contribution >= 4 is 21.8 Å². The lowest BCUT2D eigenvalue weighted by Crippen LogP contribution is -2.49. The number of carboxylic acids is 1. The number of carbonyl (C=O) groups is 1. The number of carboxylic acid groups (broad SMARTS) is 1. The van der Waals surface area contributed by atoms with Gasteiger partial charge < -0.3 is 10.0 Å². The summed E-state index contributed by atoms with van der Waals surface area (Å²) in [4.78, 5) is 17.3. The molecule has 0 amide bonds. The first-order chi connectivity index (χ1) is 12.4. The van der Waals surface area contributed by atoms with Gasteiger partial charge in [0.1, 0.15) is 11.4 Å². The van der Waals surface area contributed by atoms with E-state index in [1.165, 1.54) is 10.4 Å². The second kappa shape index (κ2) is 7.43. The van der Waals surface area contributed by atoms with Crippen molar-refractivity contribution in [2.24, 2.45) is 0 Å². The zero-order chi connectivity index (χ0) is 18.7. The van der Waals surface area contributed by atoms with Gasteiger partial charge in [-0.05, 0) is 30.2 Å². The summed E-state index contributed by atoms with van der Waals surface area (Å²) in [6.45, 7) is 3.33. The maximum Gasteiger partial charge on any atom is 0.339 e. The highest BCUT2D eigenvalue weighted by molar-refractivity contribution is 7.88. The van der Waals surface area contributed by atoms with Gasteiger partial charge in [-0.1, -0.05) is 24.3 Å². The molecule has 1 saturated heterocycles. The van der Waals surface area contributed by atoms with Crippen LogP contribution in [0.25, 0.3) is 0 Å². The Kier molecular flexibility index (Phi) is 5.24. The fourth-order valence-electron chi connectivity index (χ4n) is 3.05. The minimum atomic E-state index is -3.42. The van der Waals surface area contributed by atoms with Crippen LogP contribution in [0.4, 0.5) is 5.82 Å². The predicted octanol–water partition coefficient (Wildman–Crippen LogP) is 1.74. The minimum Gasteiger partial charge on any atom is -0.478 e. The van der Waals surface area contributed by atoms with E-state index in [4.69, 9.17) is 0 Å². The van der Waals surface area contributed by atoms with Gasteiger partial charge in [0.05, 0.1) is 5.75 Å². The number of hydrogen-bond donors (Lipinski definition) is 1. The van der Waals surface area contributed by atoms with Crippen molar-refractivity contribution < 1.29 is 18.3 Å². The molecule has 1 fully saturated rings. The number of piperazine rings is 1. The third-order valence-electron chi connectivity index (χ3n) is 4.55. The molecule has 7 nitrogen and oxygen atoms in total. The van der Waals surface area contributed by atoms with Crippen molar-refractivity contribution in [2.45, 2.75) is 12.7 Å². The Balaban J connectivity index is 1.70. The smallest absolute Gasteiger partial charge is 0.339 e. The molecule has 0 atom stereocenters. The normalized spacial score (nSPS) is 15.8. The van der Waals surface area contributed by atoms with Gasteiger partial charge in [-0.3, -0.25) is 0 Å². The number of aryl methyl sites for hydroxylation is 1.